The molecule has 0 bridgehead atoms. The monoisotopic (exact) mass is 284 g/mol. The zero-order valence-corrected chi connectivity index (χ0v) is 12.4. The van der Waals surface area contributed by atoms with Crippen molar-refractivity contribution in [1.82, 2.24) is 4.90 Å². The Kier molecular flexibility index (Phi) is 5.22. The summed E-state index contributed by atoms with van der Waals surface area (Å²) in [7, 11) is 2.24. The Morgan fingerprint density at radius 2 is 2.28 bits per heavy atom. The van der Waals surface area contributed by atoms with Gasteiger partial charge in [-0.25, -0.2) is 0 Å². The minimum absolute atomic E-state index is 0.660. The first-order valence-corrected chi connectivity index (χ1v) is 7.91. The Balaban J connectivity index is 1.79. The number of piperidine rings is 1. The number of anilines is 1. The van der Waals surface area contributed by atoms with Gasteiger partial charge in [0.15, 0.2) is 0 Å². The van der Waals surface area contributed by atoms with E-state index < -0.39 is 0 Å². The average Bonchev–Trinajstić information content (AvgIpc) is 2.36. The molecular formula is C14H21ClN2S. The van der Waals surface area contributed by atoms with Crippen LogP contribution in [0.25, 0.3) is 0 Å². The van der Waals surface area contributed by atoms with E-state index in [1.807, 2.05) is 23.9 Å². The van der Waals surface area contributed by atoms with Crippen molar-refractivity contribution in [2.24, 2.45) is 0 Å². The van der Waals surface area contributed by atoms with Crippen molar-refractivity contribution in [3.63, 3.8) is 0 Å². The molecule has 0 radical (unpaired) electrons. The molecule has 2 N–H and O–H groups in total. The molecule has 100 valence electrons. The fourth-order valence-electron chi connectivity index (χ4n) is 2.42. The summed E-state index contributed by atoms with van der Waals surface area (Å²) in [4.78, 5) is 3.72. The van der Waals surface area contributed by atoms with E-state index in [1.165, 1.54) is 37.1 Å². The first kappa shape index (κ1) is 14.0. The molecule has 0 amide bonds. The Hall–Kier alpha value is -0.380. The lowest BCUT2D eigenvalue weighted by atomic mass is 10.0. The van der Waals surface area contributed by atoms with E-state index in [4.69, 9.17) is 17.3 Å². The molecule has 1 aliphatic heterocycles. The normalized spacial score (nSPS) is 21.1. The van der Waals surface area contributed by atoms with Crippen LogP contribution in [-0.4, -0.2) is 30.3 Å². The Labute approximate surface area is 119 Å². The highest BCUT2D eigenvalue weighted by Gasteiger charge is 2.18. The number of benzene rings is 1. The maximum Gasteiger partial charge on any atom is 0.0646 e. The molecule has 1 aromatic carbocycles. The third-order valence-electron chi connectivity index (χ3n) is 3.61. The molecule has 4 heteroatoms. The average molecular weight is 285 g/mol. The molecule has 1 aliphatic rings. The van der Waals surface area contributed by atoms with Crippen LogP contribution in [0.5, 0.6) is 0 Å². The van der Waals surface area contributed by atoms with Gasteiger partial charge in [-0.2, -0.15) is 0 Å². The number of thioether (sulfide) groups is 1. The summed E-state index contributed by atoms with van der Waals surface area (Å²) in [5.41, 5.74) is 6.36. The van der Waals surface area contributed by atoms with E-state index in [1.54, 1.807) is 0 Å². The van der Waals surface area contributed by atoms with Gasteiger partial charge in [0.1, 0.15) is 0 Å². The van der Waals surface area contributed by atoms with Crippen LogP contribution >= 0.6 is 23.4 Å². The van der Waals surface area contributed by atoms with Gasteiger partial charge < -0.3 is 10.6 Å². The van der Waals surface area contributed by atoms with Crippen LogP contribution in [0.3, 0.4) is 0 Å². The fourth-order valence-corrected chi connectivity index (χ4v) is 3.66. The quantitative estimate of drug-likeness (QED) is 0.672. The molecule has 1 saturated heterocycles. The second kappa shape index (κ2) is 6.69. The molecule has 2 nitrogen and oxygen atoms in total. The summed E-state index contributed by atoms with van der Waals surface area (Å²) in [6, 6.07) is 6.66. The van der Waals surface area contributed by atoms with Gasteiger partial charge in [-0.3, -0.25) is 0 Å². The van der Waals surface area contributed by atoms with Crippen LogP contribution in [0.2, 0.25) is 5.02 Å². The van der Waals surface area contributed by atoms with Crippen LogP contribution in [0.4, 0.5) is 5.69 Å². The molecule has 1 aromatic rings. The Bertz CT molecular complexity index is 397. The maximum atomic E-state index is 6.02. The molecule has 1 fully saturated rings. The maximum absolute atomic E-state index is 6.02. The lowest BCUT2D eigenvalue weighted by molar-refractivity contribution is 0.182. The lowest BCUT2D eigenvalue weighted by Crippen LogP contribution is -2.36. The standard InChI is InChI=1S/C14H21ClN2S/c1-17-8-3-2-4-11(17)7-9-18-12-5-6-14(16)13(15)10-12/h5-6,10-11H,2-4,7-9,16H2,1H3. The third kappa shape index (κ3) is 3.81. The molecule has 0 spiro atoms. The minimum atomic E-state index is 0.660. The van der Waals surface area contributed by atoms with Crippen LogP contribution in [0, 0.1) is 0 Å². The van der Waals surface area contributed by atoms with E-state index in [2.05, 4.69) is 18.0 Å². The smallest absolute Gasteiger partial charge is 0.0646 e. The van der Waals surface area contributed by atoms with Crippen LogP contribution in [0.1, 0.15) is 25.7 Å². The molecule has 1 heterocycles. The number of hydrogen-bond donors (Lipinski definition) is 1. The Morgan fingerprint density at radius 3 is 3.00 bits per heavy atom. The number of rotatable bonds is 4. The van der Waals surface area contributed by atoms with Crippen molar-refractivity contribution in [3.8, 4) is 0 Å². The summed E-state index contributed by atoms with van der Waals surface area (Å²) in [5, 5.41) is 0.662. The second-order valence-electron chi connectivity index (χ2n) is 4.95. The highest BCUT2D eigenvalue weighted by molar-refractivity contribution is 7.99. The molecular weight excluding hydrogens is 264 g/mol. The first-order chi connectivity index (χ1) is 8.66. The van der Waals surface area contributed by atoms with Crippen LogP contribution in [0.15, 0.2) is 23.1 Å². The van der Waals surface area contributed by atoms with E-state index in [0.717, 1.165) is 11.8 Å². The highest BCUT2D eigenvalue weighted by Crippen LogP contribution is 2.28. The number of nitrogen functional groups attached to an aromatic ring is 1. The zero-order valence-electron chi connectivity index (χ0n) is 10.9. The van der Waals surface area contributed by atoms with Gasteiger partial charge in [0.05, 0.1) is 10.7 Å². The van der Waals surface area contributed by atoms with Gasteiger partial charge in [-0.05, 0) is 56.8 Å². The molecule has 1 unspecified atom stereocenters. The van der Waals surface area contributed by atoms with Crippen molar-refractivity contribution < 1.29 is 0 Å². The van der Waals surface area contributed by atoms with E-state index >= 15 is 0 Å². The predicted molar refractivity (Wildman–Crippen MR) is 81.5 cm³/mol. The van der Waals surface area contributed by atoms with Crippen LogP contribution < -0.4 is 5.73 Å². The number of nitrogens with zero attached hydrogens (tertiary/aromatic N) is 1. The van der Waals surface area contributed by atoms with Gasteiger partial charge >= 0.3 is 0 Å². The minimum Gasteiger partial charge on any atom is -0.398 e. The van der Waals surface area contributed by atoms with Crippen molar-refractivity contribution >= 4 is 29.1 Å². The number of nitrogens with two attached hydrogens (primary N) is 1. The first-order valence-electron chi connectivity index (χ1n) is 6.55. The van der Waals surface area contributed by atoms with Crippen molar-refractivity contribution in [1.29, 1.82) is 0 Å². The van der Waals surface area contributed by atoms with Crippen LogP contribution in [-0.2, 0) is 0 Å². The van der Waals surface area contributed by atoms with Gasteiger partial charge in [-0.15, -0.1) is 11.8 Å². The second-order valence-corrected chi connectivity index (χ2v) is 6.53. The number of hydrogen-bond acceptors (Lipinski definition) is 3. The number of halogens is 1. The topological polar surface area (TPSA) is 29.3 Å². The highest BCUT2D eigenvalue weighted by atomic mass is 35.5. The van der Waals surface area contributed by atoms with E-state index in [0.29, 0.717) is 10.7 Å². The van der Waals surface area contributed by atoms with E-state index in [-0.39, 0.29) is 0 Å². The molecule has 1 atom stereocenters. The fraction of sp³-hybridized carbons (Fsp3) is 0.571. The summed E-state index contributed by atoms with van der Waals surface area (Å²) >= 11 is 7.89. The molecule has 0 aromatic heterocycles. The summed E-state index contributed by atoms with van der Waals surface area (Å²) < 4.78 is 0. The van der Waals surface area contributed by atoms with Gasteiger partial charge in [0.2, 0.25) is 0 Å². The molecule has 0 saturated carbocycles. The molecule has 0 aliphatic carbocycles. The van der Waals surface area contributed by atoms with Gasteiger partial charge in [-0.1, -0.05) is 18.0 Å². The lowest BCUT2D eigenvalue weighted by Gasteiger charge is -2.32. The zero-order chi connectivity index (χ0) is 13.0. The van der Waals surface area contributed by atoms with Crippen molar-refractivity contribution in [3.05, 3.63) is 23.2 Å². The van der Waals surface area contributed by atoms with E-state index in [9.17, 15) is 0 Å². The predicted octanol–water partition coefficient (Wildman–Crippen LogP) is 3.89. The molecule has 2 rings (SSSR count). The third-order valence-corrected chi connectivity index (χ3v) is 4.97. The molecule has 18 heavy (non-hydrogen) atoms. The van der Waals surface area contributed by atoms with Gasteiger partial charge in [0, 0.05) is 10.9 Å². The summed E-state index contributed by atoms with van der Waals surface area (Å²) in [5.74, 6) is 1.15. The summed E-state index contributed by atoms with van der Waals surface area (Å²) in [6.07, 6.45) is 5.34. The van der Waals surface area contributed by atoms with Gasteiger partial charge in [0.25, 0.3) is 0 Å². The summed E-state index contributed by atoms with van der Waals surface area (Å²) in [6.45, 7) is 1.25. The van der Waals surface area contributed by atoms with Crippen molar-refractivity contribution in [2.75, 3.05) is 25.1 Å². The largest absolute Gasteiger partial charge is 0.398 e. The Morgan fingerprint density at radius 1 is 1.44 bits per heavy atom. The van der Waals surface area contributed by atoms with Crippen molar-refractivity contribution in [2.45, 2.75) is 36.6 Å². The SMILES string of the molecule is CN1CCCCC1CCSc1ccc(N)c(Cl)c1. The number of likely N-dealkylation sites (tertiary alicyclic amines) is 1.